The van der Waals surface area contributed by atoms with Crippen LogP contribution in [-0.4, -0.2) is 38.5 Å². The molecule has 0 saturated carbocycles. The third-order valence-electron chi connectivity index (χ3n) is 4.61. The molecule has 3 aromatic rings. The molecule has 1 aliphatic rings. The molecule has 0 aliphatic carbocycles. The molecule has 0 bridgehead atoms. The maximum Gasteiger partial charge on any atom is 0.255 e. The lowest BCUT2D eigenvalue weighted by Gasteiger charge is -2.31. The standard InChI is InChI=1S/C18H21N5O2/c1-11-4-3-7-22(9-11)18(24)13-8-14(19)17-20-16(21-23(17)10-13)15-6-5-12(2)25-15/h5-6,8,10-11H,3-4,7,9,19H2,1-2H3. The zero-order chi connectivity index (χ0) is 17.6. The first-order chi connectivity index (χ1) is 12.0. The van der Waals surface area contributed by atoms with E-state index in [1.807, 2.05) is 24.0 Å². The average Bonchev–Trinajstić information content (AvgIpc) is 3.20. The predicted molar refractivity (Wildman–Crippen MR) is 94.1 cm³/mol. The molecule has 1 fully saturated rings. The van der Waals surface area contributed by atoms with Gasteiger partial charge >= 0.3 is 0 Å². The number of piperidine rings is 1. The largest absolute Gasteiger partial charge is 0.458 e. The van der Waals surface area contributed by atoms with Gasteiger partial charge in [0.15, 0.2) is 11.4 Å². The van der Waals surface area contributed by atoms with Gasteiger partial charge in [-0.1, -0.05) is 6.92 Å². The molecule has 0 aromatic carbocycles. The first-order valence-electron chi connectivity index (χ1n) is 8.53. The number of carbonyl (C=O) groups is 1. The Balaban J connectivity index is 1.70. The minimum Gasteiger partial charge on any atom is -0.458 e. The van der Waals surface area contributed by atoms with E-state index in [-0.39, 0.29) is 5.91 Å². The highest BCUT2D eigenvalue weighted by atomic mass is 16.3. The van der Waals surface area contributed by atoms with Crippen LogP contribution in [0.4, 0.5) is 5.69 Å². The van der Waals surface area contributed by atoms with Gasteiger partial charge in [-0.25, -0.2) is 9.50 Å². The Hall–Kier alpha value is -2.83. The number of nitrogens with two attached hydrogens (primary N) is 1. The lowest BCUT2D eigenvalue weighted by atomic mass is 10.00. The van der Waals surface area contributed by atoms with Crippen molar-refractivity contribution in [2.45, 2.75) is 26.7 Å². The molecule has 7 heteroatoms. The Morgan fingerprint density at radius 2 is 2.24 bits per heavy atom. The molecule has 0 radical (unpaired) electrons. The fourth-order valence-corrected chi connectivity index (χ4v) is 3.34. The van der Waals surface area contributed by atoms with Crippen LogP contribution in [0, 0.1) is 12.8 Å². The number of pyridine rings is 1. The molecule has 4 heterocycles. The molecule has 1 atom stereocenters. The zero-order valence-corrected chi connectivity index (χ0v) is 14.4. The number of hydrogen-bond acceptors (Lipinski definition) is 5. The number of aromatic nitrogens is 3. The van der Waals surface area contributed by atoms with Crippen molar-refractivity contribution in [2.75, 3.05) is 18.8 Å². The second-order valence-corrected chi connectivity index (χ2v) is 6.80. The van der Waals surface area contributed by atoms with Gasteiger partial charge in [0.25, 0.3) is 5.91 Å². The molecule has 1 amide bonds. The average molecular weight is 339 g/mol. The topological polar surface area (TPSA) is 89.7 Å². The minimum absolute atomic E-state index is 0.00829. The third kappa shape index (κ3) is 2.86. The number of amides is 1. The van der Waals surface area contributed by atoms with Crippen molar-refractivity contribution in [3.8, 4) is 11.6 Å². The molecule has 3 aromatic heterocycles. The SMILES string of the molecule is Cc1ccc(-c2nc3c(N)cc(C(=O)N4CCCC(C)C4)cn3n2)o1. The monoisotopic (exact) mass is 339 g/mol. The molecule has 2 N–H and O–H groups in total. The number of carbonyl (C=O) groups excluding carboxylic acids is 1. The van der Waals surface area contributed by atoms with Crippen LogP contribution in [0.1, 0.15) is 35.9 Å². The Bertz CT molecular complexity index is 942. The number of rotatable bonds is 2. The maximum atomic E-state index is 12.8. The maximum absolute atomic E-state index is 12.8. The quantitative estimate of drug-likeness (QED) is 0.775. The van der Waals surface area contributed by atoms with Crippen molar-refractivity contribution >= 4 is 17.2 Å². The summed E-state index contributed by atoms with van der Waals surface area (Å²) in [6.45, 7) is 5.61. The molecule has 0 spiro atoms. The van der Waals surface area contributed by atoms with Crippen molar-refractivity contribution < 1.29 is 9.21 Å². The van der Waals surface area contributed by atoms with Crippen LogP contribution in [0.25, 0.3) is 17.2 Å². The van der Waals surface area contributed by atoms with E-state index in [9.17, 15) is 4.79 Å². The number of aryl methyl sites for hydroxylation is 1. The second kappa shape index (κ2) is 5.91. The lowest BCUT2D eigenvalue weighted by molar-refractivity contribution is 0.0682. The van der Waals surface area contributed by atoms with Crippen molar-refractivity contribution in [3.63, 3.8) is 0 Å². The Morgan fingerprint density at radius 3 is 2.96 bits per heavy atom. The Morgan fingerprint density at radius 1 is 1.40 bits per heavy atom. The van der Waals surface area contributed by atoms with Gasteiger partial charge < -0.3 is 15.1 Å². The first-order valence-corrected chi connectivity index (χ1v) is 8.53. The van der Waals surface area contributed by atoms with E-state index in [0.717, 1.165) is 25.3 Å². The van der Waals surface area contributed by atoms with Crippen LogP contribution < -0.4 is 5.73 Å². The summed E-state index contributed by atoms with van der Waals surface area (Å²) in [5, 5.41) is 4.42. The molecule has 1 unspecified atom stereocenters. The van der Waals surface area contributed by atoms with Crippen molar-refractivity contribution in [3.05, 3.63) is 35.7 Å². The summed E-state index contributed by atoms with van der Waals surface area (Å²) in [5.41, 5.74) is 7.61. The highest BCUT2D eigenvalue weighted by Crippen LogP contribution is 2.23. The van der Waals surface area contributed by atoms with E-state index in [1.165, 1.54) is 6.42 Å². The van der Waals surface area contributed by atoms with Crippen LogP contribution >= 0.6 is 0 Å². The molecule has 1 aliphatic heterocycles. The van der Waals surface area contributed by atoms with Gasteiger partial charge in [0, 0.05) is 19.3 Å². The molecule has 1 saturated heterocycles. The van der Waals surface area contributed by atoms with Gasteiger partial charge in [-0.05, 0) is 43.9 Å². The third-order valence-corrected chi connectivity index (χ3v) is 4.61. The van der Waals surface area contributed by atoms with Crippen LogP contribution in [-0.2, 0) is 0 Å². The minimum atomic E-state index is -0.00829. The van der Waals surface area contributed by atoms with Crippen molar-refractivity contribution in [2.24, 2.45) is 5.92 Å². The molecular weight excluding hydrogens is 318 g/mol. The van der Waals surface area contributed by atoms with Gasteiger partial charge in [0.05, 0.1) is 11.3 Å². The van der Waals surface area contributed by atoms with Crippen molar-refractivity contribution in [1.29, 1.82) is 0 Å². The predicted octanol–water partition coefficient (Wildman–Crippen LogP) is 2.75. The van der Waals surface area contributed by atoms with E-state index in [4.69, 9.17) is 10.2 Å². The highest BCUT2D eigenvalue weighted by molar-refractivity contribution is 5.95. The van der Waals surface area contributed by atoms with Crippen LogP contribution in [0.5, 0.6) is 0 Å². The summed E-state index contributed by atoms with van der Waals surface area (Å²) in [6, 6.07) is 5.36. The smallest absolute Gasteiger partial charge is 0.255 e. The summed E-state index contributed by atoms with van der Waals surface area (Å²) in [7, 11) is 0. The van der Waals surface area contributed by atoms with Crippen LogP contribution in [0.3, 0.4) is 0 Å². The zero-order valence-electron chi connectivity index (χ0n) is 14.4. The number of fused-ring (bicyclic) bond motifs is 1. The summed E-state index contributed by atoms with van der Waals surface area (Å²) in [4.78, 5) is 19.1. The number of furan rings is 1. The van der Waals surface area contributed by atoms with Gasteiger partial charge in [-0.2, -0.15) is 0 Å². The van der Waals surface area contributed by atoms with E-state index in [1.54, 1.807) is 16.8 Å². The van der Waals surface area contributed by atoms with Gasteiger partial charge in [-0.15, -0.1) is 5.10 Å². The number of nitrogens with zero attached hydrogens (tertiary/aromatic N) is 4. The second-order valence-electron chi connectivity index (χ2n) is 6.80. The summed E-state index contributed by atoms with van der Waals surface area (Å²) >= 11 is 0. The molecular formula is C18H21N5O2. The normalized spacial score (nSPS) is 18.0. The number of likely N-dealkylation sites (tertiary alicyclic amines) is 1. The number of hydrogen-bond donors (Lipinski definition) is 1. The van der Waals surface area contributed by atoms with Crippen LogP contribution in [0.2, 0.25) is 0 Å². The summed E-state index contributed by atoms with van der Waals surface area (Å²) in [5.74, 6) is 2.34. The summed E-state index contributed by atoms with van der Waals surface area (Å²) < 4.78 is 7.13. The number of nitrogen functional groups attached to an aromatic ring is 1. The van der Waals surface area contributed by atoms with Gasteiger partial charge in [-0.3, -0.25) is 4.79 Å². The van der Waals surface area contributed by atoms with Gasteiger partial charge in [0.2, 0.25) is 5.82 Å². The Labute approximate surface area is 145 Å². The highest BCUT2D eigenvalue weighted by Gasteiger charge is 2.23. The fraction of sp³-hybridized carbons (Fsp3) is 0.389. The fourth-order valence-electron chi connectivity index (χ4n) is 3.34. The molecule has 130 valence electrons. The van der Waals surface area contributed by atoms with Crippen LogP contribution in [0.15, 0.2) is 28.8 Å². The number of anilines is 1. The molecule has 7 nitrogen and oxygen atoms in total. The molecule has 25 heavy (non-hydrogen) atoms. The van der Waals surface area contributed by atoms with E-state index >= 15 is 0 Å². The first kappa shape index (κ1) is 15.7. The van der Waals surface area contributed by atoms with E-state index in [0.29, 0.717) is 34.4 Å². The molecule has 4 rings (SSSR count). The van der Waals surface area contributed by atoms with E-state index in [2.05, 4.69) is 17.0 Å². The summed E-state index contributed by atoms with van der Waals surface area (Å²) in [6.07, 6.45) is 3.90. The van der Waals surface area contributed by atoms with Crippen molar-refractivity contribution in [1.82, 2.24) is 19.5 Å². The lowest BCUT2D eigenvalue weighted by Crippen LogP contribution is -2.39. The van der Waals surface area contributed by atoms with E-state index < -0.39 is 0 Å². The van der Waals surface area contributed by atoms with Gasteiger partial charge in [0.1, 0.15) is 5.76 Å². The Kier molecular flexibility index (Phi) is 3.71.